The van der Waals surface area contributed by atoms with Crippen molar-refractivity contribution in [3.05, 3.63) is 48.3 Å². The highest BCUT2D eigenvalue weighted by molar-refractivity contribution is 7.92. The minimum atomic E-state index is -3.99. The van der Waals surface area contributed by atoms with Gasteiger partial charge in [-0.05, 0) is 50.2 Å². The number of amides is 1. The monoisotopic (exact) mass is 394 g/mol. The highest BCUT2D eigenvalue weighted by Gasteiger charge is 2.24. The van der Waals surface area contributed by atoms with E-state index in [1.807, 2.05) is 0 Å². The van der Waals surface area contributed by atoms with Crippen molar-refractivity contribution < 1.29 is 27.1 Å². The largest absolute Gasteiger partial charge is 0.491 e. The Morgan fingerprint density at radius 3 is 2.44 bits per heavy atom. The molecule has 2 aromatic rings. The van der Waals surface area contributed by atoms with Crippen LogP contribution in [0.2, 0.25) is 0 Å². The van der Waals surface area contributed by atoms with Crippen LogP contribution in [0.5, 0.6) is 5.75 Å². The van der Waals surface area contributed by atoms with E-state index in [2.05, 4.69) is 4.72 Å². The third-order valence-electron chi connectivity index (χ3n) is 3.78. The topological polar surface area (TPSA) is 84.9 Å². The molecule has 3 rings (SSSR count). The summed E-state index contributed by atoms with van der Waals surface area (Å²) in [6.45, 7) is 4.30. The molecule has 0 spiro atoms. The summed E-state index contributed by atoms with van der Waals surface area (Å²) in [6.07, 6.45) is -0.604. The number of sulfonamides is 1. The summed E-state index contributed by atoms with van der Waals surface area (Å²) in [5, 5.41) is 0. The number of rotatable bonds is 6. The number of carbonyl (C=O) groups is 1. The molecule has 1 amide bonds. The Balaban J connectivity index is 1.77. The molecule has 1 aliphatic heterocycles. The van der Waals surface area contributed by atoms with Crippen molar-refractivity contribution in [2.45, 2.75) is 24.8 Å². The molecule has 0 unspecified atom stereocenters. The van der Waals surface area contributed by atoms with Crippen LogP contribution in [0.15, 0.2) is 47.4 Å². The van der Waals surface area contributed by atoms with Gasteiger partial charge in [-0.15, -0.1) is 0 Å². The zero-order chi connectivity index (χ0) is 19.6. The number of nitrogens with one attached hydrogen (secondary N) is 1. The van der Waals surface area contributed by atoms with Gasteiger partial charge in [0.1, 0.15) is 12.4 Å². The van der Waals surface area contributed by atoms with Crippen molar-refractivity contribution in [2.24, 2.45) is 0 Å². The molecule has 27 heavy (non-hydrogen) atoms. The summed E-state index contributed by atoms with van der Waals surface area (Å²) in [7, 11) is -3.99. The van der Waals surface area contributed by atoms with E-state index in [0.717, 1.165) is 6.07 Å². The molecule has 1 saturated heterocycles. The van der Waals surface area contributed by atoms with Gasteiger partial charge in [0.25, 0.3) is 10.0 Å². The number of hydrogen-bond donors (Lipinski definition) is 1. The SMILES string of the molecule is CC(C)Oc1ccc(NS(=O)(=O)c2ccc(N3CCOC3=O)cc2)c(F)c1. The summed E-state index contributed by atoms with van der Waals surface area (Å²) in [5.41, 5.74) is 0.344. The Labute approximate surface area is 156 Å². The van der Waals surface area contributed by atoms with Gasteiger partial charge in [-0.2, -0.15) is 0 Å². The van der Waals surface area contributed by atoms with Gasteiger partial charge in [0.05, 0.1) is 23.2 Å². The first kappa shape index (κ1) is 19.0. The molecule has 0 aliphatic carbocycles. The molecule has 144 valence electrons. The number of halogens is 1. The predicted molar refractivity (Wildman–Crippen MR) is 98.1 cm³/mol. The normalized spacial score (nSPS) is 14.4. The second-order valence-electron chi connectivity index (χ2n) is 6.17. The van der Waals surface area contributed by atoms with E-state index in [1.165, 1.54) is 41.3 Å². The quantitative estimate of drug-likeness (QED) is 0.812. The summed E-state index contributed by atoms with van der Waals surface area (Å²) in [6, 6.07) is 9.60. The van der Waals surface area contributed by atoms with Gasteiger partial charge in [-0.1, -0.05) is 0 Å². The van der Waals surface area contributed by atoms with Crippen molar-refractivity contribution in [3.63, 3.8) is 0 Å². The van der Waals surface area contributed by atoms with Crippen LogP contribution in [0.1, 0.15) is 13.8 Å². The molecule has 0 radical (unpaired) electrons. The molecule has 1 N–H and O–H groups in total. The summed E-state index contributed by atoms with van der Waals surface area (Å²) >= 11 is 0. The first-order valence-corrected chi connectivity index (χ1v) is 9.78. The van der Waals surface area contributed by atoms with Crippen LogP contribution in [-0.4, -0.2) is 33.8 Å². The van der Waals surface area contributed by atoms with Gasteiger partial charge in [-0.25, -0.2) is 17.6 Å². The van der Waals surface area contributed by atoms with Crippen molar-refractivity contribution in [1.29, 1.82) is 0 Å². The van der Waals surface area contributed by atoms with E-state index in [0.29, 0.717) is 18.0 Å². The fourth-order valence-corrected chi connectivity index (χ4v) is 3.63. The van der Waals surface area contributed by atoms with Crippen LogP contribution in [-0.2, 0) is 14.8 Å². The number of hydrogen-bond acceptors (Lipinski definition) is 5. The molecule has 1 fully saturated rings. The van der Waals surface area contributed by atoms with E-state index in [9.17, 15) is 17.6 Å². The van der Waals surface area contributed by atoms with Crippen LogP contribution in [0.25, 0.3) is 0 Å². The molecule has 0 saturated carbocycles. The van der Waals surface area contributed by atoms with Crippen molar-refractivity contribution in [3.8, 4) is 5.75 Å². The van der Waals surface area contributed by atoms with Crippen LogP contribution in [0.4, 0.5) is 20.6 Å². The number of ether oxygens (including phenoxy) is 2. The first-order chi connectivity index (χ1) is 12.8. The van der Waals surface area contributed by atoms with Gasteiger partial charge < -0.3 is 9.47 Å². The van der Waals surface area contributed by atoms with Crippen LogP contribution >= 0.6 is 0 Å². The molecule has 2 aromatic carbocycles. The highest BCUT2D eigenvalue weighted by atomic mass is 32.2. The lowest BCUT2D eigenvalue weighted by molar-refractivity contribution is 0.181. The zero-order valence-electron chi connectivity index (χ0n) is 14.8. The van der Waals surface area contributed by atoms with Gasteiger partial charge in [0.2, 0.25) is 0 Å². The maximum atomic E-state index is 14.2. The third kappa shape index (κ3) is 4.30. The average molecular weight is 394 g/mol. The smallest absolute Gasteiger partial charge is 0.414 e. The molecule has 0 atom stereocenters. The second-order valence-corrected chi connectivity index (χ2v) is 7.86. The fraction of sp³-hybridized carbons (Fsp3) is 0.278. The minimum absolute atomic E-state index is 0.0549. The lowest BCUT2D eigenvalue weighted by atomic mass is 10.3. The molecule has 1 aliphatic rings. The average Bonchev–Trinajstić information content (AvgIpc) is 3.03. The molecular formula is C18H19FN2O5S. The minimum Gasteiger partial charge on any atom is -0.491 e. The summed E-state index contributed by atoms with van der Waals surface area (Å²) in [5.74, 6) is -0.430. The third-order valence-corrected chi connectivity index (χ3v) is 5.16. The Bertz CT molecular complexity index is 945. The van der Waals surface area contributed by atoms with E-state index >= 15 is 0 Å². The summed E-state index contributed by atoms with van der Waals surface area (Å²) in [4.78, 5) is 12.9. The Kier molecular flexibility index (Phi) is 5.22. The molecule has 0 bridgehead atoms. The Morgan fingerprint density at radius 1 is 1.19 bits per heavy atom. The number of anilines is 2. The molecule has 7 nitrogen and oxygen atoms in total. The molecule has 0 aromatic heterocycles. The maximum Gasteiger partial charge on any atom is 0.414 e. The highest BCUT2D eigenvalue weighted by Crippen LogP contribution is 2.26. The second kappa shape index (κ2) is 7.43. The van der Waals surface area contributed by atoms with Crippen molar-refractivity contribution >= 4 is 27.5 Å². The number of benzene rings is 2. The standard InChI is InChI=1S/C18H19FN2O5S/c1-12(2)26-14-5-8-17(16(19)11-14)20-27(23,24)15-6-3-13(4-7-15)21-9-10-25-18(21)22/h3-8,11-12,20H,9-10H2,1-2H3. The van der Waals surface area contributed by atoms with E-state index in [4.69, 9.17) is 9.47 Å². The lowest BCUT2D eigenvalue weighted by Gasteiger charge is -2.14. The zero-order valence-corrected chi connectivity index (χ0v) is 15.6. The fourth-order valence-electron chi connectivity index (χ4n) is 2.56. The van der Waals surface area contributed by atoms with Crippen LogP contribution in [0.3, 0.4) is 0 Å². The van der Waals surface area contributed by atoms with E-state index < -0.39 is 21.9 Å². The molecular weight excluding hydrogens is 375 g/mol. The van der Waals surface area contributed by atoms with Crippen LogP contribution < -0.4 is 14.4 Å². The van der Waals surface area contributed by atoms with Crippen molar-refractivity contribution in [1.82, 2.24) is 0 Å². The molecule has 1 heterocycles. The van der Waals surface area contributed by atoms with Gasteiger partial charge >= 0.3 is 6.09 Å². The van der Waals surface area contributed by atoms with Gasteiger partial charge in [0, 0.05) is 11.8 Å². The molecule has 9 heteroatoms. The van der Waals surface area contributed by atoms with E-state index in [-0.39, 0.29) is 23.3 Å². The number of carbonyl (C=O) groups excluding carboxylic acids is 1. The van der Waals surface area contributed by atoms with Crippen LogP contribution in [0, 0.1) is 5.82 Å². The lowest BCUT2D eigenvalue weighted by Crippen LogP contribution is -2.23. The van der Waals surface area contributed by atoms with Gasteiger partial charge in [-0.3, -0.25) is 9.62 Å². The first-order valence-electron chi connectivity index (χ1n) is 8.29. The Morgan fingerprint density at radius 2 is 1.89 bits per heavy atom. The predicted octanol–water partition coefficient (Wildman–Crippen LogP) is 3.37. The van der Waals surface area contributed by atoms with Crippen molar-refractivity contribution in [2.75, 3.05) is 22.8 Å². The number of cyclic esters (lactones) is 1. The Hall–Kier alpha value is -2.81. The maximum absolute atomic E-state index is 14.2. The number of nitrogens with zero attached hydrogens (tertiary/aromatic N) is 1. The summed E-state index contributed by atoms with van der Waals surface area (Å²) < 4.78 is 51.6. The van der Waals surface area contributed by atoms with E-state index in [1.54, 1.807) is 13.8 Å². The van der Waals surface area contributed by atoms with Gasteiger partial charge in [0.15, 0.2) is 5.82 Å².